The Labute approximate surface area is 261 Å². The summed E-state index contributed by atoms with van der Waals surface area (Å²) in [6.07, 6.45) is -21.1. The van der Waals surface area contributed by atoms with Gasteiger partial charge in [0.2, 0.25) is 0 Å². The van der Waals surface area contributed by atoms with Crippen molar-refractivity contribution >= 4 is 60.8 Å². The molecule has 1 unspecified atom stereocenters. The highest BCUT2D eigenvalue weighted by molar-refractivity contribution is 6.91. The molecule has 1 aromatic carbocycles. The van der Waals surface area contributed by atoms with Crippen molar-refractivity contribution in [3.8, 4) is 0 Å². The minimum atomic E-state index is -7.28. The van der Waals surface area contributed by atoms with Crippen LogP contribution >= 0.6 is 0 Å². The molecular formula is C23H35F11NO5Si5. The summed E-state index contributed by atoms with van der Waals surface area (Å²) >= 11 is 0. The largest absolute Gasteiger partial charge is 0.469 e. The summed E-state index contributed by atoms with van der Waals surface area (Å²) in [4.78, 5) is 12.5. The van der Waals surface area contributed by atoms with Crippen LogP contribution in [-0.2, 0) is 21.9 Å². The number of nitrogens with zero attached hydrogens (tertiary/aromatic N) is 1. The Hall–Kier alpha value is -1.16. The molecule has 6 nitrogen and oxygen atoms in total. The van der Waals surface area contributed by atoms with Gasteiger partial charge in [-0.3, -0.25) is 9.53 Å². The number of hydrogen-bond acceptors (Lipinski definition) is 5. The van der Waals surface area contributed by atoms with Gasteiger partial charge >= 0.3 is 45.0 Å². The van der Waals surface area contributed by atoms with Crippen LogP contribution < -0.4 is 10.1 Å². The third-order valence-electron chi connectivity index (χ3n) is 6.08. The van der Waals surface area contributed by atoms with Crippen LogP contribution in [0, 0.1) is 0 Å². The van der Waals surface area contributed by atoms with Crippen molar-refractivity contribution in [3.63, 3.8) is 0 Å². The van der Waals surface area contributed by atoms with E-state index in [9.17, 15) is 48.7 Å². The van der Waals surface area contributed by atoms with Gasteiger partial charge in [0.25, 0.3) is 0 Å². The molecule has 1 atom stereocenters. The van der Waals surface area contributed by atoms with Crippen molar-refractivity contribution in [3.05, 3.63) is 24.3 Å². The monoisotopic (exact) mass is 754 g/mol. The second-order valence-electron chi connectivity index (χ2n) is 11.3. The lowest BCUT2D eigenvalue weighted by atomic mass is 10.2. The molecule has 0 aliphatic carbocycles. The first kappa shape index (κ1) is 41.9. The van der Waals surface area contributed by atoms with Crippen molar-refractivity contribution in [1.29, 1.82) is 0 Å². The van der Waals surface area contributed by atoms with E-state index in [1.807, 2.05) is 52.4 Å². The minimum absolute atomic E-state index is 0.147. The number of rotatable bonds is 15. The maximum Gasteiger partial charge on any atom is 0.469 e. The molecule has 45 heavy (non-hydrogen) atoms. The summed E-state index contributed by atoms with van der Waals surface area (Å²) in [7, 11) is -9.15. The third kappa shape index (κ3) is 10.2. The maximum absolute atomic E-state index is 15.0. The predicted molar refractivity (Wildman–Crippen MR) is 155 cm³/mol. The van der Waals surface area contributed by atoms with E-state index in [4.69, 9.17) is 12.3 Å². The number of carbonyl (C=O) groups is 1. The van der Waals surface area contributed by atoms with Gasteiger partial charge in [-0.25, -0.2) is 0 Å². The van der Waals surface area contributed by atoms with Crippen LogP contribution in [0.4, 0.5) is 54.0 Å². The molecule has 3 radical (unpaired) electrons. The Bertz CT molecular complexity index is 1130. The van der Waals surface area contributed by atoms with Gasteiger partial charge in [0.15, 0.2) is 27.1 Å². The lowest BCUT2D eigenvalue weighted by Gasteiger charge is -2.37. The fraction of sp³-hybridized carbons (Fsp3) is 0.696. The van der Waals surface area contributed by atoms with E-state index in [2.05, 4.69) is 4.74 Å². The number of alkyl halides is 11. The molecule has 0 aliphatic heterocycles. The zero-order valence-electron chi connectivity index (χ0n) is 25.9. The summed E-state index contributed by atoms with van der Waals surface area (Å²) in [5, 5.41) is 0.490. The first-order valence-corrected chi connectivity index (χ1v) is 25.5. The maximum atomic E-state index is 15.0. The third-order valence-corrected chi connectivity index (χ3v) is 19.5. The van der Waals surface area contributed by atoms with Crippen LogP contribution in [0.5, 0.6) is 0 Å². The summed E-state index contributed by atoms with van der Waals surface area (Å²) in [6.45, 7) is 15.2. The summed E-state index contributed by atoms with van der Waals surface area (Å²) < 4.78 is 169. The van der Waals surface area contributed by atoms with Gasteiger partial charge in [-0.15, -0.1) is 0 Å². The van der Waals surface area contributed by atoms with Gasteiger partial charge in [0.05, 0.1) is 8.07 Å². The van der Waals surface area contributed by atoms with Gasteiger partial charge in [-0.1, -0.05) is 30.4 Å². The van der Waals surface area contributed by atoms with Crippen molar-refractivity contribution in [2.24, 2.45) is 0 Å². The second kappa shape index (κ2) is 14.5. The highest BCUT2D eigenvalue weighted by Crippen LogP contribution is 2.51. The van der Waals surface area contributed by atoms with Crippen molar-refractivity contribution < 1.29 is 70.2 Å². The Morgan fingerprint density at radius 1 is 0.756 bits per heavy atom. The van der Waals surface area contributed by atoms with Crippen molar-refractivity contribution in [1.82, 2.24) is 0 Å². The van der Waals surface area contributed by atoms with E-state index < -0.39 is 85.8 Å². The van der Waals surface area contributed by atoms with E-state index in [1.165, 1.54) is 12.1 Å². The number of ether oxygens (including phenoxy) is 1. The summed E-state index contributed by atoms with van der Waals surface area (Å²) in [5.41, 5.74) is -0.501. The highest BCUT2D eigenvalue weighted by atomic mass is 28.5. The smallest absolute Gasteiger partial charge is 0.416 e. The zero-order valence-corrected chi connectivity index (χ0v) is 30.9. The van der Waals surface area contributed by atoms with Crippen molar-refractivity contribution in [2.75, 3.05) is 11.9 Å². The number of carbonyl (C=O) groups excluding carboxylic acids is 1. The topological polar surface area (TPSA) is 57.2 Å². The first-order chi connectivity index (χ1) is 19.9. The average Bonchev–Trinajstić information content (AvgIpc) is 2.83. The van der Waals surface area contributed by atoms with Crippen LogP contribution in [0.15, 0.2) is 24.3 Å². The molecule has 1 amide bonds. The van der Waals surface area contributed by atoms with Crippen molar-refractivity contribution in [2.45, 2.75) is 94.7 Å². The van der Waals surface area contributed by atoms with Gasteiger partial charge in [-0.05, 0) is 57.5 Å². The Morgan fingerprint density at radius 2 is 1.20 bits per heavy atom. The number of likely N-dealkylation sites (N-methyl/N-ethyl adjacent to an activating group) is 1. The summed E-state index contributed by atoms with van der Waals surface area (Å²) in [5.74, 6) is -16.6. The number of hydrogen-bond donors (Lipinski definition) is 0. The molecule has 1 aromatic rings. The number of halogens is 11. The molecule has 0 aliphatic rings. The Balaban J connectivity index is 3.48. The fourth-order valence-electron chi connectivity index (χ4n) is 3.86. The van der Waals surface area contributed by atoms with E-state index in [0.717, 1.165) is 6.07 Å². The number of amides is 1. The van der Waals surface area contributed by atoms with E-state index in [1.54, 1.807) is 6.07 Å². The van der Waals surface area contributed by atoms with Crippen LogP contribution in [0.3, 0.4) is 0 Å². The summed E-state index contributed by atoms with van der Waals surface area (Å²) in [6, 6.07) is 5.85. The van der Waals surface area contributed by atoms with Crippen LogP contribution in [-0.4, -0.2) is 87.2 Å². The van der Waals surface area contributed by atoms with E-state index >= 15 is 4.39 Å². The molecular weight excluding hydrogens is 720 g/mol. The van der Waals surface area contributed by atoms with E-state index in [0.29, 0.717) is 24.3 Å². The van der Waals surface area contributed by atoms with E-state index in [-0.39, 0.29) is 4.90 Å². The lowest BCUT2D eigenvalue weighted by Crippen LogP contribution is -2.63. The molecule has 259 valence electrons. The van der Waals surface area contributed by atoms with Crippen LogP contribution in [0.25, 0.3) is 0 Å². The molecule has 22 heteroatoms. The predicted octanol–water partition coefficient (Wildman–Crippen LogP) is 7.34. The Morgan fingerprint density at radius 3 is 1.58 bits per heavy atom. The molecule has 0 fully saturated rings. The molecule has 0 aromatic heterocycles. The Kier molecular flexibility index (Phi) is 13.5. The highest BCUT2D eigenvalue weighted by Gasteiger charge is 2.80. The van der Waals surface area contributed by atoms with Gasteiger partial charge in [0, 0.05) is 18.8 Å². The van der Waals surface area contributed by atoms with Gasteiger partial charge in [-0.2, -0.15) is 48.3 Å². The quantitative estimate of drug-likeness (QED) is 0.139. The van der Waals surface area contributed by atoms with Crippen LogP contribution in [0.2, 0.25) is 64.5 Å². The normalized spacial score (nSPS) is 15.6. The first-order valence-electron chi connectivity index (χ1n) is 13.1. The fourth-order valence-corrected chi connectivity index (χ4v) is 19.3. The molecule has 1 rings (SSSR count). The molecule has 0 bridgehead atoms. The second-order valence-corrected chi connectivity index (χ2v) is 25.9. The SMILES string of the molecule is CN(C(=O)C(F)(OC(F)(F)C(F)(F)C(F)(F)F)C(F)(F)F)c1cccc([Si](C)(C)CC[Si](O[Si](C)C)(O[Si](C)C)O[Si](C)C)c1. The molecule has 0 saturated heterocycles. The van der Waals surface area contributed by atoms with Gasteiger partial charge in [0.1, 0.15) is 0 Å². The number of anilines is 1. The minimum Gasteiger partial charge on any atom is -0.416 e. The molecule has 0 heterocycles. The zero-order chi connectivity index (χ0) is 35.6. The number of benzene rings is 1. The van der Waals surface area contributed by atoms with Crippen LogP contribution in [0.1, 0.15) is 0 Å². The standard InChI is InChI=1S/C23H35F11NO5Si5/c1-35(18(36)19(24,21(27,28)29)37-23(33,34)20(25,26)22(30,31)32)16-11-10-12-17(15-16)44(8,9)13-14-45(38-41(2)3,39-42(4)5)40-43(6)7/h10-12,15H,13-14H2,1-9H3. The lowest BCUT2D eigenvalue weighted by molar-refractivity contribution is -0.472. The molecule has 0 saturated carbocycles. The molecule has 0 N–H and O–H groups in total. The van der Waals surface area contributed by atoms with Gasteiger partial charge < -0.3 is 17.2 Å². The average molecular weight is 755 g/mol. The molecule has 0 spiro atoms.